The van der Waals surface area contributed by atoms with E-state index in [0.717, 1.165) is 30.7 Å². The van der Waals surface area contributed by atoms with Crippen molar-refractivity contribution in [3.05, 3.63) is 29.8 Å². The molecule has 1 unspecified atom stereocenters. The normalized spacial score (nSPS) is 19.1. The number of benzene rings is 1. The summed E-state index contributed by atoms with van der Waals surface area (Å²) in [6.45, 7) is 4.23. The summed E-state index contributed by atoms with van der Waals surface area (Å²) in [5.74, 6) is 2.78. The van der Waals surface area contributed by atoms with Gasteiger partial charge in [-0.1, -0.05) is 31.4 Å². The van der Waals surface area contributed by atoms with Crippen molar-refractivity contribution in [2.45, 2.75) is 44.6 Å². The molecule has 2 aliphatic rings. The Morgan fingerprint density at radius 2 is 1.85 bits per heavy atom. The zero-order valence-corrected chi connectivity index (χ0v) is 19.1. The number of halogens is 1. The van der Waals surface area contributed by atoms with Gasteiger partial charge in [0, 0.05) is 20.1 Å². The fraction of sp³-hybridized carbons (Fsp3) is 0.667. The second-order valence-corrected chi connectivity index (χ2v) is 7.50. The fourth-order valence-electron chi connectivity index (χ4n) is 3.73. The molecular formula is C21H35IN4O. The van der Waals surface area contributed by atoms with Gasteiger partial charge in [-0.3, -0.25) is 9.89 Å². The Bertz CT molecular complexity index is 568. The summed E-state index contributed by atoms with van der Waals surface area (Å²) in [6, 6.07) is 8.89. The molecule has 27 heavy (non-hydrogen) atoms. The molecule has 3 rings (SSSR count). The van der Waals surface area contributed by atoms with Crippen LogP contribution in [0.15, 0.2) is 29.3 Å². The molecule has 1 heterocycles. The van der Waals surface area contributed by atoms with E-state index in [1.807, 2.05) is 7.05 Å². The van der Waals surface area contributed by atoms with Crippen molar-refractivity contribution in [2.24, 2.45) is 10.9 Å². The zero-order chi connectivity index (χ0) is 18.2. The van der Waals surface area contributed by atoms with E-state index in [9.17, 15) is 0 Å². The number of methoxy groups -OCH3 is 1. The molecule has 1 aromatic rings. The first-order valence-corrected chi connectivity index (χ1v) is 10.1. The van der Waals surface area contributed by atoms with Gasteiger partial charge in [0.1, 0.15) is 5.75 Å². The Hall–Kier alpha value is -1.02. The van der Waals surface area contributed by atoms with Gasteiger partial charge in [0.25, 0.3) is 0 Å². The Morgan fingerprint density at radius 1 is 1.15 bits per heavy atom. The smallest absolute Gasteiger partial charge is 0.191 e. The van der Waals surface area contributed by atoms with Crippen molar-refractivity contribution in [2.75, 3.05) is 40.3 Å². The molecule has 0 radical (unpaired) electrons. The van der Waals surface area contributed by atoms with Crippen LogP contribution in [-0.4, -0.2) is 51.2 Å². The van der Waals surface area contributed by atoms with E-state index in [1.54, 1.807) is 7.11 Å². The largest absolute Gasteiger partial charge is 0.497 e. The van der Waals surface area contributed by atoms with Gasteiger partial charge in [0.15, 0.2) is 5.96 Å². The highest BCUT2D eigenvalue weighted by Crippen LogP contribution is 2.31. The van der Waals surface area contributed by atoms with Crippen LogP contribution in [0.2, 0.25) is 0 Å². The lowest BCUT2D eigenvalue weighted by molar-refractivity contribution is 0.164. The minimum absolute atomic E-state index is 0. The summed E-state index contributed by atoms with van der Waals surface area (Å²) in [5, 5.41) is 7.02. The Balaban J connectivity index is 0.00000261. The van der Waals surface area contributed by atoms with Crippen molar-refractivity contribution >= 4 is 29.9 Å². The average molecular weight is 486 g/mol. The molecule has 1 aliphatic carbocycles. The lowest BCUT2D eigenvalue weighted by Crippen LogP contribution is -2.44. The maximum atomic E-state index is 5.32. The third kappa shape index (κ3) is 7.14. The number of nitrogens with zero attached hydrogens (tertiary/aromatic N) is 2. The molecule has 2 N–H and O–H groups in total. The third-order valence-electron chi connectivity index (χ3n) is 5.56. The van der Waals surface area contributed by atoms with Crippen LogP contribution in [0.25, 0.3) is 0 Å². The van der Waals surface area contributed by atoms with Crippen molar-refractivity contribution in [1.82, 2.24) is 15.5 Å². The number of piperidine rings is 1. The molecule has 2 fully saturated rings. The SMILES string of the molecule is CN=C(NCCC1CC1)NCC(c1ccc(OC)cc1)N1CCCCC1.I. The lowest BCUT2D eigenvalue weighted by atomic mass is 10.0. The number of hydrogen-bond acceptors (Lipinski definition) is 3. The summed E-state index contributed by atoms with van der Waals surface area (Å²) in [4.78, 5) is 7.01. The predicted octanol–water partition coefficient (Wildman–Crippen LogP) is 3.81. The molecule has 152 valence electrons. The Labute approximate surface area is 181 Å². The number of rotatable bonds is 8. The van der Waals surface area contributed by atoms with Gasteiger partial charge in [-0.05, 0) is 56.0 Å². The van der Waals surface area contributed by atoms with E-state index < -0.39 is 0 Å². The standard InChI is InChI=1S/C21H34N4O.HI/c1-22-21(23-13-12-17-6-7-17)24-16-20(25-14-4-3-5-15-25)18-8-10-19(26-2)11-9-18;/h8-11,17,20H,3-7,12-16H2,1-2H3,(H2,22,23,24);1H. The van der Waals surface area contributed by atoms with Crippen LogP contribution in [0, 0.1) is 5.92 Å². The number of hydrogen-bond donors (Lipinski definition) is 2. The molecule has 1 aromatic carbocycles. The summed E-state index contributed by atoms with van der Waals surface area (Å²) < 4.78 is 5.32. The molecule has 5 nitrogen and oxygen atoms in total. The van der Waals surface area contributed by atoms with Crippen LogP contribution in [-0.2, 0) is 0 Å². The summed E-state index contributed by atoms with van der Waals surface area (Å²) in [6.07, 6.45) is 8.00. The first-order chi connectivity index (χ1) is 12.8. The molecular weight excluding hydrogens is 451 g/mol. The second-order valence-electron chi connectivity index (χ2n) is 7.50. The van der Waals surface area contributed by atoms with E-state index in [1.165, 1.54) is 57.2 Å². The van der Waals surface area contributed by atoms with Crippen LogP contribution < -0.4 is 15.4 Å². The lowest BCUT2D eigenvalue weighted by Gasteiger charge is -2.35. The van der Waals surface area contributed by atoms with Gasteiger partial charge in [-0.25, -0.2) is 0 Å². The van der Waals surface area contributed by atoms with Gasteiger partial charge < -0.3 is 15.4 Å². The number of likely N-dealkylation sites (tertiary alicyclic amines) is 1. The van der Waals surface area contributed by atoms with Crippen molar-refractivity contribution in [1.29, 1.82) is 0 Å². The minimum Gasteiger partial charge on any atom is -0.497 e. The van der Waals surface area contributed by atoms with Crippen molar-refractivity contribution < 1.29 is 4.74 Å². The van der Waals surface area contributed by atoms with Crippen molar-refractivity contribution in [3.8, 4) is 5.75 Å². The molecule has 1 aliphatic heterocycles. The number of nitrogens with one attached hydrogen (secondary N) is 2. The van der Waals surface area contributed by atoms with Gasteiger partial charge in [0.05, 0.1) is 13.2 Å². The monoisotopic (exact) mass is 486 g/mol. The van der Waals surface area contributed by atoms with Gasteiger partial charge in [-0.15, -0.1) is 24.0 Å². The average Bonchev–Trinajstić information content (AvgIpc) is 3.52. The maximum absolute atomic E-state index is 5.32. The molecule has 1 saturated carbocycles. The van der Waals surface area contributed by atoms with Gasteiger partial charge in [0.2, 0.25) is 0 Å². The number of guanidine groups is 1. The van der Waals surface area contributed by atoms with Crippen LogP contribution in [0.4, 0.5) is 0 Å². The first-order valence-electron chi connectivity index (χ1n) is 10.1. The molecule has 0 amide bonds. The fourth-order valence-corrected chi connectivity index (χ4v) is 3.73. The molecule has 6 heteroatoms. The van der Waals surface area contributed by atoms with Crippen LogP contribution >= 0.6 is 24.0 Å². The maximum Gasteiger partial charge on any atom is 0.191 e. The van der Waals surface area contributed by atoms with E-state index in [4.69, 9.17) is 4.74 Å². The van der Waals surface area contributed by atoms with E-state index in [2.05, 4.69) is 44.8 Å². The molecule has 1 atom stereocenters. The van der Waals surface area contributed by atoms with Crippen LogP contribution in [0.3, 0.4) is 0 Å². The second kappa shape index (κ2) is 11.7. The molecule has 0 aromatic heterocycles. The Morgan fingerprint density at radius 3 is 2.44 bits per heavy atom. The molecule has 0 spiro atoms. The summed E-state index contributed by atoms with van der Waals surface area (Å²) in [5.41, 5.74) is 1.34. The molecule has 1 saturated heterocycles. The van der Waals surface area contributed by atoms with Crippen LogP contribution in [0.5, 0.6) is 5.75 Å². The molecule has 0 bridgehead atoms. The first kappa shape index (κ1) is 22.3. The van der Waals surface area contributed by atoms with Crippen molar-refractivity contribution in [3.63, 3.8) is 0 Å². The zero-order valence-electron chi connectivity index (χ0n) is 16.7. The highest BCUT2D eigenvalue weighted by molar-refractivity contribution is 14.0. The predicted molar refractivity (Wildman–Crippen MR) is 123 cm³/mol. The van der Waals surface area contributed by atoms with E-state index in [0.29, 0.717) is 6.04 Å². The van der Waals surface area contributed by atoms with Crippen LogP contribution in [0.1, 0.15) is 50.1 Å². The number of aliphatic imine (C=N–C) groups is 1. The minimum atomic E-state index is 0. The third-order valence-corrected chi connectivity index (χ3v) is 5.56. The van der Waals surface area contributed by atoms with Gasteiger partial charge >= 0.3 is 0 Å². The quantitative estimate of drug-likeness (QED) is 0.334. The number of ether oxygens (including phenoxy) is 1. The summed E-state index contributed by atoms with van der Waals surface area (Å²) in [7, 11) is 3.58. The highest BCUT2D eigenvalue weighted by Gasteiger charge is 2.23. The van der Waals surface area contributed by atoms with E-state index >= 15 is 0 Å². The topological polar surface area (TPSA) is 48.9 Å². The summed E-state index contributed by atoms with van der Waals surface area (Å²) >= 11 is 0. The van der Waals surface area contributed by atoms with Gasteiger partial charge in [-0.2, -0.15) is 0 Å². The van der Waals surface area contributed by atoms with E-state index in [-0.39, 0.29) is 24.0 Å². The Kier molecular flexibility index (Phi) is 9.68. The highest BCUT2D eigenvalue weighted by atomic mass is 127.